The molecule has 1 amide bonds. The first kappa shape index (κ1) is 12.6. The second-order valence-electron chi connectivity index (χ2n) is 3.12. The van der Waals surface area contributed by atoms with Gasteiger partial charge in [0.2, 0.25) is 5.91 Å². The predicted molar refractivity (Wildman–Crippen MR) is 53.0 cm³/mol. The smallest absolute Gasteiger partial charge is 0.332 e. The van der Waals surface area contributed by atoms with Gasteiger partial charge in [-0.3, -0.25) is 4.79 Å². The summed E-state index contributed by atoms with van der Waals surface area (Å²) in [7, 11) is 3.36. The highest BCUT2D eigenvalue weighted by molar-refractivity contribution is 5.86. The number of nitrogens with zero attached hydrogens (tertiary/aromatic N) is 1. The molecule has 5 heteroatoms. The first-order valence-corrected chi connectivity index (χ1v) is 4.27. The van der Waals surface area contributed by atoms with Crippen molar-refractivity contribution in [1.29, 1.82) is 0 Å². The Bertz CT molecular complexity index is 236. The van der Waals surface area contributed by atoms with Crippen LogP contribution in [0.4, 0.5) is 0 Å². The van der Waals surface area contributed by atoms with E-state index in [0.717, 1.165) is 0 Å². The number of hydrogen-bond acceptors (Lipinski definition) is 3. The largest absolute Gasteiger partial charge is 0.478 e. The molecule has 0 radical (unpaired) electrons. The zero-order chi connectivity index (χ0) is 11.1. The minimum Gasteiger partial charge on any atom is -0.478 e. The SMILES string of the molecule is C=C(CNCCC(=O)N(C)C)C(=O)O. The molecule has 0 atom stereocenters. The minimum atomic E-state index is -1.02. The molecule has 0 aliphatic heterocycles. The number of carbonyl (C=O) groups excluding carboxylic acids is 1. The summed E-state index contributed by atoms with van der Waals surface area (Å²) in [4.78, 5) is 22.9. The molecular weight excluding hydrogens is 184 g/mol. The van der Waals surface area contributed by atoms with Gasteiger partial charge in [0.15, 0.2) is 0 Å². The van der Waals surface area contributed by atoms with Crippen LogP contribution in [0, 0.1) is 0 Å². The monoisotopic (exact) mass is 200 g/mol. The molecule has 0 aromatic carbocycles. The Kier molecular flexibility index (Phi) is 5.55. The van der Waals surface area contributed by atoms with Crippen LogP contribution in [-0.4, -0.2) is 49.1 Å². The first-order valence-electron chi connectivity index (χ1n) is 4.27. The lowest BCUT2D eigenvalue weighted by molar-refractivity contribution is -0.132. The standard InChI is InChI=1S/C9H16N2O3/c1-7(9(13)14)6-10-5-4-8(12)11(2)3/h10H,1,4-6H2,2-3H3,(H,13,14). The molecule has 2 N–H and O–H groups in total. The van der Waals surface area contributed by atoms with E-state index in [9.17, 15) is 9.59 Å². The zero-order valence-electron chi connectivity index (χ0n) is 8.54. The van der Waals surface area contributed by atoms with Crippen LogP contribution >= 0.6 is 0 Å². The van der Waals surface area contributed by atoms with Crippen LogP contribution < -0.4 is 5.32 Å². The lowest BCUT2D eigenvalue weighted by Gasteiger charge is -2.10. The summed E-state index contributed by atoms with van der Waals surface area (Å²) in [5.41, 5.74) is 0.0994. The maximum atomic E-state index is 11.1. The van der Waals surface area contributed by atoms with Crippen molar-refractivity contribution in [1.82, 2.24) is 10.2 Å². The minimum absolute atomic E-state index is 0.0124. The van der Waals surface area contributed by atoms with E-state index in [1.54, 1.807) is 14.1 Å². The van der Waals surface area contributed by atoms with Crippen molar-refractivity contribution in [3.05, 3.63) is 12.2 Å². The molecule has 0 aromatic rings. The second kappa shape index (κ2) is 6.15. The molecular formula is C9H16N2O3. The van der Waals surface area contributed by atoms with Crippen LogP contribution in [0.15, 0.2) is 12.2 Å². The zero-order valence-corrected chi connectivity index (χ0v) is 8.54. The average molecular weight is 200 g/mol. The molecule has 0 unspecified atom stereocenters. The summed E-state index contributed by atoms with van der Waals surface area (Å²) in [6.45, 7) is 4.01. The molecule has 5 nitrogen and oxygen atoms in total. The third-order valence-corrected chi connectivity index (χ3v) is 1.66. The molecule has 80 valence electrons. The van der Waals surface area contributed by atoms with Gasteiger partial charge < -0.3 is 15.3 Å². The van der Waals surface area contributed by atoms with E-state index in [1.807, 2.05) is 0 Å². The Labute approximate surface area is 83.4 Å². The Morgan fingerprint density at radius 2 is 2.00 bits per heavy atom. The van der Waals surface area contributed by atoms with Crippen LogP contribution in [-0.2, 0) is 9.59 Å². The van der Waals surface area contributed by atoms with Gasteiger partial charge in [-0.15, -0.1) is 0 Å². The van der Waals surface area contributed by atoms with E-state index in [4.69, 9.17) is 5.11 Å². The van der Waals surface area contributed by atoms with Crippen molar-refractivity contribution in [2.45, 2.75) is 6.42 Å². The number of carboxylic acids is 1. The highest BCUT2D eigenvalue weighted by Crippen LogP contribution is 1.88. The molecule has 14 heavy (non-hydrogen) atoms. The van der Waals surface area contributed by atoms with Crippen molar-refractivity contribution in [3.63, 3.8) is 0 Å². The fourth-order valence-corrected chi connectivity index (χ4v) is 0.734. The summed E-state index contributed by atoms with van der Waals surface area (Å²) in [6.07, 6.45) is 0.361. The highest BCUT2D eigenvalue weighted by atomic mass is 16.4. The predicted octanol–water partition coefficient (Wildman–Crippen LogP) is -0.305. The van der Waals surface area contributed by atoms with Gasteiger partial charge in [-0.05, 0) is 0 Å². The quantitative estimate of drug-likeness (QED) is 0.456. The molecule has 0 fully saturated rings. The lowest BCUT2D eigenvalue weighted by Crippen LogP contribution is -2.28. The van der Waals surface area contributed by atoms with Crippen LogP contribution in [0.5, 0.6) is 0 Å². The van der Waals surface area contributed by atoms with Crippen LogP contribution in [0.25, 0.3) is 0 Å². The van der Waals surface area contributed by atoms with E-state index in [2.05, 4.69) is 11.9 Å². The molecule has 0 aromatic heterocycles. The van der Waals surface area contributed by atoms with Crippen LogP contribution in [0.1, 0.15) is 6.42 Å². The van der Waals surface area contributed by atoms with E-state index in [0.29, 0.717) is 13.0 Å². The van der Waals surface area contributed by atoms with E-state index >= 15 is 0 Å². The van der Waals surface area contributed by atoms with E-state index < -0.39 is 5.97 Å². The van der Waals surface area contributed by atoms with Crippen molar-refractivity contribution in [3.8, 4) is 0 Å². The van der Waals surface area contributed by atoms with Gasteiger partial charge in [0, 0.05) is 39.2 Å². The van der Waals surface area contributed by atoms with E-state index in [-0.39, 0.29) is 18.0 Å². The number of amides is 1. The number of hydrogen-bond donors (Lipinski definition) is 2. The Morgan fingerprint density at radius 1 is 1.43 bits per heavy atom. The summed E-state index contributed by atoms with van der Waals surface area (Å²) < 4.78 is 0. The molecule has 0 aliphatic carbocycles. The molecule has 0 saturated heterocycles. The summed E-state index contributed by atoms with van der Waals surface area (Å²) in [5, 5.41) is 11.3. The van der Waals surface area contributed by atoms with Crippen molar-refractivity contribution in [2.24, 2.45) is 0 Å². The first-order chi connectivity index (χ1) is 6.45. The van der Waals surface area contributed by atoms with Gasteiger partial charge in [-0.1, -0.05) is 6.58 Å². The maximum absolute atomic E-state index is 11.1. The van der Waals surface area contributed by atoms with Gasteiger partial charge in [-0.25, -0.2) is 4.79 Å². The topological polar surface area (TPSA) is 69.6 Å². The van der Waals surface area contributed by atoms with Gasteiger partial charge in [0.05, 0.1) is 0 Å². The van der Waals surface area contributed by atoms with Gasteiger partial charge >= 0.3 is 5.97 Å². The third kappa shape index (κ3) is 5.31. The number of aliphatic carboxylic acids is 1. The molecule has 0 spiro atoms. The van der Waals surface area contributed by atoms with Gasteiger partial charge in [0.25, 0.3) is 0 Å². The number of rotatable bonds is 6. The summed E-state index contributed by atoms with van der Waals surface area (Å²) in [5.74, 6) is -1.00. The fourth-order valence-electron chi connectivity index (χ4n) is 0.734. The van der Waals surface area contributed by atoms with Gasteiger partial charge in [0.1, 0.15) is 0 Å². The Hall–Kier alpha value is -1.36. The molecule has 0 saturated carbocycles. The molecule has 0 bridgehead atoms. The fraction of sp³-hybridized carbons (Fsp3) is 0.556. The Balaban J connectivity index is 3.52. The average Bonchev–Trinajstić information content (AvgIpc) is 2.11. The molecule has 0 rings (SSSR count). The maximum Gasteiger partial charge on any atom is 0.332 e. The lowest BCUT2D eigenvalue weighted by atomic mass is 10.3. The van der Waals surface area contributed by atoms with Crippen LogP contribution in [0.2, 0.25) is 0 Å². The number of nitrogens with one attached hydrogen (secondary N) is 1. The van der Waals surface area contributed by atoms with Crippen molar-refractivity contribution in [2.75, 3.05) is 27.2 Å². The van der Waals surface area contributed by atoms with E-state index in [1.165, 1.54) is 4.90 Å². The molecule has 0 aliphatic rings. The number of carboxylic acid groups (broad SMARTS) is 1. The summed E-state index contributed by atoms with van der Waals surface area (Å²) >= 11 is 0. The van der Waals surface area contributed by atoms with Crippen molar-refractivity contribution < 1.29 is 14.7 Å². The molecule has 0 heterocycles. The Morgan fingerprint density at radius 3 is 2.43 bits per heavy atom. The van der Waals surface area contributed by atoms with Crippen LogP contribution in [0.3, 0.4) is 0 Å². The second-order valence-corrected chi connectivity index (χ2v) is 3.12. The normalized spacial score (nSPS) is 9.57. The van der Waals surface area contributed by atoms with Gasteiger partial charge in [-0.2, -0.15) is 0 Å². The highest BCUT2D eigenvalue weighted by Gasteiger charge is 2.05. The number of carbonyl (C=O) groups is 2. The van der Waals surface area contributed by atoms with Crippen molar-refractivity contribution >= 4 is 11.9 Å². The third-order valence-electron chi connectivity index (χ3n) is 1.66. The summed E-state index contributed by atoms with van der Waals surface area (Å²) in [6, 6.07) is 0.